The number of hydrogen-bond acceptors (Lipinski definition) is 4. The van der Waals surface area contributed by atoms with Crippen molar-refractivity contribution in [3.05, 3.63) is 83.6 Å². The van der Waals surface area contributed by atoms with Crippen molar-refractivity contribution >= 4 is 30.1 Å². The van der Waals surface area contributed by atoms with Crippen LogP contribution < -0.4 is 0 Å². The maximum Gasteiger partial charge on any atom is 0.256 e. The Labute approximate surface area is 203 Å². The van der Waals surface area contributed by atoms with Crippen LogP contribution in [-0.4, -0.2) is 39.1 Å². The first kappa shape index (κ1) is 27.8. The van der Waals surface area contributed by atoms with Gasteiger partial charge in [-0.1, -0.05) is 31.1 Å². The summed E-state index contributed by atoms with van der Waals surface area (Å²) in [5, 5.41) is -1.86. The highest BCUT2D eigenvalue weighted by Gasteiger charge is 2.26. The summed E-state index contributed by atoms with van der Waals surface area (Å²) in [5.74, 6) is -1.65. The Morgan fingerprint density at radius 1 is 1.29 bits per heavy atom. The van der Waals surface area contributed by atoms with Crippen molar-refractivity contribution in [2.45, 2.75) is 44.8 Å². The van der Waals surface area contributed by atoms with E-state index in [4.69, 9.17) is 0 Å². The maximum absolute atomic E-state index is 14.4. The standard InChI is InChI=1S/C24H29F3N4OP2/c1-5-7-10-28-16(4)22-19(12-18(25)14-30-22)23(32)31(6-2)15(3)8-9-21-20(26)11-17(13-29-21)24(27,33)34/h5,7,10-15H,1,6,8-9,33-34H2,2-4H3/b10-7-,28-16+/t15-/m0/s1. The summed E-state index contributed by atoms with van der Waals surface area (Å²) in [6.45, 7) is 9.23. The summed E-state index contributed by atoms with van der Waals surface area (Å²) in [6.07, 6.45) is 7.67. The van der Waals surface area contributed by atoms with Crippen LogP contribution >= 0.6 is 18.5 Å². The van der Waals surface area contributed by atoms with Gasteiger partial charge in [-0.15, -0.1) is 0 Å². The minimum atomic E-state index is -1.86. The molecule has 34 heavy (non-hydrogen) atoms. The van der Waals surface area contributed by atoms with E-state index < -0.39 is 22.7 Å². The van der Waals surface area contributed by atoms with E-state index in [-0.39, 0.29) is 35.0 Å². The largest absolute Gasteiger partial charge is 0.336 e. The molecule has 2 heterocycles. The van der Waals surface area contributed by atoms with Crippen molar-refractivity contribution in [2.75, 3.05) is 6.54 Å². The van der Waals surface area contributed by atoms with Crippen LogP contribution in [0.2, 0.25) is 0 Å². The average molecular weight is 508 g/mol. The molecular weight excluding hydrogens is 479 g/mol. The number of carbonyl (C=O) groups is 1. The molecule has 0 aliphatic carbocycles. The summed E-state index contributed by atoms with van der Waals surface area (Å²) < 4.78 is 42.4. The molecule has 0 fully saturated rings. The fraction of sp³-hybridized carbons (Fsp3) is 0.333. The Balaban J connectivity index is 2.24. The second-order valence-electron chi connectivity index (χ2n) is 7.74. The van der Waals surface area contributed by atoms with Gasteiger partial charge in [-0.05, 0) is 51.8 Å². The van der Waals surface area contributed by atoms with E-state index in [2.05, 4.69) is 21.5 Å². The molecule has 0 radical (unpaired) electrons. The number of hydrogen-bond donors (Lipinski definition) is 0. The lowest BCUT2D eigenvalue weighted by Gasteiger charge is -2.29. The molecule has 0 bridgehead atoms. The van der Waals surface area contributed by atoms with Crippen LogP contribution in [0.4, 0.5) is 13.2 Å². The minimum Gasteiger partial charge on any atom is -0.336 e. The number of rotatable bonds is 10. The number of pyridine rings is 2. The van der Waals surface area contributed by atoms with Crippen LogP contribution in [0.25, 0.3) is 0 Å². The predicted molar refractivity (Wildman–Crippen MR) is 137 cm³/mol. The molecule has 1 amide bonds. The third-order valence-electron chi connectivity index (χ3n) is 5.21. The fourth-order valence-corrected chi connectivity index (χ4v) is 3.65. The number of aryl methyl sites for hydroxylation is 1. The number of amides is 1. The highest BCUT2D eigenvalue weighted by molar-refractivity contribution is 7.38. The first-order valence-electron chi connectivity index (χ1n) is 10.7. The molecule has 5 nitrogen and oxygen atoms in total. The first-order chi connectivity index (χ1) is 16.0. The van der Waals surface area contributed by atoms with Crippen molar-refractivity contribution < 1.29 is 18.0 Å². The molecule has 10 heteroatoms. The molecule has 0 aromatic carbocycles. The quantitative estimate of drug-likeness (QED) is 0.239. The zero-order chi connectivity index (χ0) is 25.5. The SMILES string of the molecule is C=C/C=C\N=C(/C)c1ncc(F)cc1C(=O)N(CC)[C@@H](C)CCc1ncc(C(F)(P)P)cc1F. The molecule has 0 spiro atoms. The molecule has 182 valence electrons. The van der Waals surface area contributed by atoms with Gasteiger partial charge in [0.25, 0.3) is 5.91 Å². The molecular formula is C24H29F3N4OP2. The Kier molecular flexibility index (Phi) is 10.1. The topological polar surface area (TPSA) is 58.5 Å². The number of aliphatic imine (C=N–C) groups is 1. The van der Waals surface area contributed by atoms with Gasteiger partial charge in [-0.25, -0.2) is 13.2 Å². The number of allylic oxidation sites excluding steroid dienone is 2. The highest BCUT2D eigenvalue weighted by atomic mass is 31.1. The Morgan fingerprint density at radius 3 is 2.59 bits per heavy atom. The first-order valence-corrected chi connectivity index (χ1v) is 11.8. The van der Waals surface area contributed by atoms with Crippen LogP contribution in [0.3, 0.4) is 0 Å². The van der Waals surface area contributed by atoms with Crippen LogP contribution in [0.15, 0.2) is 54.4 Å². The van der Waals surface area contributed by atoms with E-state index in [0.29, 0.717) is 18.7 Å². The molecule has 3 atom stereocenters. The van der Waals surface area contributed by atoms with E-state index in [9.17, 15) is 18.0 Å². The molecule has 0 aliphatic heterocycles. The van der Waals surface area contributed by atoms with Gasteiger partial charge >= 0.3 is 0 Å². The molecule has 0 saturated heterocycles. The lowest BCUT2D eigenvalue weighted by molar-refractivity contribution is 0.0694. The van der Waals surface area contributed by atoms with Gasteiger partial charge in [-0.3, -0.25) is 19.8 Å². The number of halogens is 3. The summed E-state index contributed by atoms with van der Waals surface area (Å²) in [6, 6.07) is 1.95. The number of aromatic nitrogens is 2. The van der Waals surface area contributed by atoms with Gasteiger partial charge in [0.05, 0.1) is 28.9 Å². The summed E-state index contributed by atoms with van der Waals surface area (Å²) >= 11 is 0. The third-order valence-corrected chi connectivity index (χ3v) is 5.88. The van der Waals surface area contributed by atoms with Gasteiger partial charge in [0.2, 0.25) is 0 Å². The lowest BCUT2D eigenvalue weighted by Crippen LogP contribution is -2.39. The lowest BCUT2D eigenvalue weighted by atomic mass is 10.0. The molecule has 0 saturated carbocycles. The van der Waals surface area contributed by atoms with Gasteiger partial charge in [0, 0.05) is 30.5 Å². The number of alkyl halides is 1. The highest BCUT2D eigenvalue weighted by Crippen LogP contribution is 2.40. The van der Waals surface area contributed by atoms with E-state index in [1.54, 1.807) is 30.9 Å². The van der Waals surface area contributed by atoms with E-state index in [0.717, 1.165) is 18.3 Å². The number of carbonyl (C=O) groups excluding carboxylic acids is 1. The summed E-state index contributed by atoms with van der Waals surface area (Å²) in [5.41, 5.74) is 1.09. The minimum absolute atomic E-state index is 0.0910. The molecule has 2 unspecified atom stereocenters. The average Bonchev–Trinajstić information content (AvgIpc) is 2.78. The molecule has 0 aliphatic rings. The summed E-state index contributed by atoms with van der Waals surface area (Å²) in [4.78, 5) is 27.3. The smallest absolute Gasteiger partial charge is 0.256 e. The van der Waals surface area contributed by atoms with Crippen LogP contribution in [0.1, 0.15) is 54.5 Å². The van der Waals surface area contributed by atoms with Gasteiger partial charge in [0.1, 0.15) is 11.6 Å². The zero-order valence-corrected chi connectivity index (χ0v) is 21.7. The van der Waals surface area contributed by atoms with Gasteiger partial charge in [-0.2, -0.15) is 0 Å². The van der Waals surface area contributed by atoms with Crippen molar-refractivity contribution in [3.63, 3.8) is 0 Å². The predicted octanol–water partition coefficient (Wildman–Crippen LogP) is 5.58. The Morgan fingerprint density at radius 2 is 2.00 bits per heavy atom. The normalized spacial score (nSPS) is 13.2. The van der Waals surface area contributed by atoms with E-state index in [1.807, 2.05) is 25.4 Å². The Hall–Kier alpha value is -2.43. The third kappa shape index (κ3) is 7.28. The van der Waals surface area contributed by atoms with Crippen molar-refractivity contribution in [1.82, 2.24) is 14.9 Å². The molecule has 2 aromatic heterocycles. The second kappa shape index (κ2) is 12.3. The monoisotopic (exact) mass is 508 g/mol. The van der Waals surface area contributed by atoms with Crippen LogP contribution in [0, 0.1) is 11.6 Å². The maximum atomic E-state index is 14.4. The number of nitrogens with zero attached hydrogens (tertiary/aromatic N) is 4. The molecule has 0 N–H and O–H groups in total. The van der Waals surface area contributed by atoms with E-state index in [1.165, 1.54) is 12.4 Å². The van der Waals surface area contributed by atoms with Crippen molar-refractivity contribution in [1.29, 1.82) is 0 Å². The molecule has 2 rings (SSSR count). The van der Waals surface area contributed by atoms with Crippen LogP contribution in [-0.2, 0) is 11.6 Å². The van der Waals surface area contributed by atoms with Gasteiger partial charge < -0.3 is 4.90 Å². The van der Waals surface area contributed by atoms with Gasteiger partial charge in [0.15, 0.2) is 5.15 Å². The van der Waals surface area contributed by atoms with Crippen molar-refractivity contribution in [3.8, 4) is 0 Å². The van der Waals surface area contributed by atoms with Crippen molar-refractivity contribution in [2.24, 2.45) is 4.99 Å². The molecule has 2 aromatic rings. The zero-order valence-electron chi connectivity index (χ0n) is 19.4. The summed E-state index contributed by atoms with van der Waals surface area (Å²) in [7, 11) is 3.95. The Bertz CT molecular complexity index is 1100. The fourth-order valence-electron chi connectivity index (χ4n) is 3.34. The van der Waals surface area contributed by atoms with Crippen LogP contribution in [0.5, 0.6) is 0 Å². The van der Waals surface area contributed by atoms with E-state index >= 15 is 0 Å². The second-order valence-corrected chi connectivity index (χ2v) is 10.1.